The highest BCUT2D eigenvalue weighted by atomic mass is 32.2. The van der Waals surface area contributed by atoms with Crippen LogP contribution in [0, 0.1) is 0 Å². The molecule has 0 radical (unpaired) electrons. The zero-order valence-electron chi connectivity index (χ0n) is 17.9. The van der Waals surface area contributed by atoms with Crippen molar-refractivity contribution >= 4 is 38.4 Å². The van der Waals surface area contributed by atoms with Crippen LogP contribution in [0.4, 0.5) is 5.69 Å². The number of nitrogens with zero attached hydrogens (tertiary/aromatic N) is 2. The molecule has 10 heteroatoms. The first-order valence-electron chi connectivity index (χ1n) is 10.5. The van der Waals surface area contributed by atoms with Crippen LogP contribution in [0.2, 0.25) is 0 Å². The summed E-state index contributed by atoms with van der Waals surface area (Å²) in [5.74, 6) is -0.198. The summed E-state index contributed by atoms with van der Waals surface area (Å²) in [6.07, 6.45) is 0. The van der Waals surface area contributed by atoms with Gasteiger partial charge in [0.2, 0.25) is 15.9 Å². The van der Waals surface area contributed by atoms with Crippen molar-refractivity contribution < 1.29 is 22.5 Å². The van der Waals surface area contributed by atoms with Crippen LogP contribution in [-0.4, -0.2) is 49.3 Å². The largest absolute Gasteiger partial charge is 0.355 e. The van der Waals surface area contributed by atoms with Gasteiger partial charge >= 0.3 is 0 Å². The Hall–Kier alpha value is -4.02. The van der Waals surface area contributed by atoms with E-state index in [1.165, 1.54) is 12.1 Å². The number of benzene rings is 3. The predicted octanol–water partition coefficient (Wildman–Crippen LogP) is 2.87. The molecule has 2 N–H and O–H groups in total. The van der Waals surface area contributed by atoms with E-state index in [0.717, 1.165) is 9.87 Å². The van der Waals surface area contributed by atoms with Gasteiger partial charge in [0, 0.05) is 29.9 Å². The predicted molar refractivity (Wildman–Crippen MR) is 126 cm³/mol. The molecule has 9 nitrogen and oxygen atoms in total. The van der Waals surface area contributed by atoms with Crippen LogP contribution in [0.1, 0.15) is 10.4 Å². The molecular weight excluding hydrogens is 456 g/mol. The normalized spacial score (nSPS) is 14.6. The quantitative estimate of drug-likeness (QED) is 0.457. The molecule has 3 aromatic carbocycles. The minimum absolute atomic E-state index is 0.000788. The maximum Gasteiger partial charge on any atom is 0.255 e. The van der Waals surface area contributed by atoms with Gasteiger partial charge in [0.05, 0.1) is 16.8 Å². The molecule has 2 amide bonds. The molecule has 0 saturated carbocycles. The molecule has 0 spiro atoms. The first-order chi connectivity index (χ1) is 16.4. The third kappa shape index (κ3) is 4.16. The second-order valence-corrected chi connectivity index (χ2v) is 9.72. The summed E-state index contributed by atoms with van der Waals surface area (Å²) in [6.45, 7) is 0.208. The van der Waals surface area contributed by atoms with Crippen molar-refractivity contribution in [2.75, 3.05) is 25.0 Å². The van der Waals surface area contributed by atoms with E-state index in [4.69, 9.17) is 4.52 Å². The highest BCUT2D eigenvalue weighted by Gasteiger charge is 2.29. The van der Waals surface area contributed by atoms with Crippen LogP contribution < -0.4 is 10.6 Å². The summed E-state index contributed by atoms with van der Waals surface area (Å²) in [5, 5.41) is 10.1. The molecule has 0 aliphatic carbocycles. The molecule has 1 fully saturated rings. The molecule has 172 valence electrons. The van der Waals surface area contributed by atoms with E-state index in [0.29, 0.717) is 27.9 Å². The van der Waals surface area contributed by atoms with Crippen LogP contribution in [-0.2, 0) is 14.8 Å². The van der Waals surface area contributed by atoms with E-state index in [9.17, 15) is 18.0 Å². The lowest BCUT2D eigenvalue weighted by Gasteiger charge is -2.26. The number of carbonyl (C=O) groups excluding carboxylic acids is 2. The summed E-state index contributed by atoms with van der Waals surface area (Å²) < 4.78 is 32.5. The first kappa shape index (κ1) is 21.8. The second kappa shape index (κ2) is 8.73. The van der Waals surface area contributed by atoms with Gasteiger partial charge in [-0.1, -0.05) is 41.6 Å². The molecule has 0 atom stereocenters. The maximum atomic E-state index is 13.0. The van der Waals surface area contributed by atoms with Crippen molar-refractivity contribution in [1.29, 1.82) is 0 Å². The van der Waals surface area contributed by atoms with Gasteiger partial charge in [-0.15, -0.1) is 0 Å². The number of rotatable bonds is 5. The third-order valence-corrected chi connectivity index (χ3v) is 7.35. The Balaban J connectivity index is 1.40. The number of amides is 2. The fraction of sp³-hybridized carbons (Fsp3) is 0.125. The smallest absolute Gasteiger partial charge is 0.255 e. The number of carbonyl (C=O) groups is 2. The fourth-order valence-electron chi connectivity index (χ4n) is 3.79. The highest BCUT2D eigenvalue weighted by molar-refractivity contribution is 7.89. The SMILES string of the molecule is O=C1CN(S(=O)(=O)c2cccc(NC(=O)c3ccc4noc(-c5ccccc5)c4c3)c2)CCN1. The lowest BCUT2D eigenvalue weighted by atomic mass is 10.1. The minimum atomic E-state index is -3.87. The van der Waals surface area contributed by atoms with E-state index in [-0.39, 0.29) is 30.4 Å². The molecular formula is C24H20N4O5S. The zero-order valence-corrected chi connectivity index (χ0v) is 18.7. The van der Waals surface area contributed by atoms with Crippen LogP contribution in [0.5, 0.6) is 0 Å². The summed E-state index contributed by atoms with van der Waals surface area (Å²) in [6, 6.07) is 20.4. The Labute approximate surface area is 195 Å². The van der Waals surface area contributed by atoms with Crippen LogP contribution in [0.15, 0.2) is 82.2 Å². The summed E-state index contributed by atoms with van der Waals surface area (Å²) in [5.41, 5.74) is 2.15. The molecule has 1 aliphatic rings. The van der Waals surface area contributed by atoms with Gasteiger partial charge in [0.15, 0.2) is 5.76 Å². The van der Waals surface area contributed by atoms with Gasteiger partial charge in [0.25, 0.3) is 5.91 Å². The number of aromatic nitrogens is 1. The average molecular weight is 477 g/mol. The van der Waals surface area contributed by atoms with Crippen molar-refractivity contribution in [3.63, 3.8) is 0 Å². The highest BCUT2D eigenvalue weighted by Crippen LogP contribution is 2.29. The van der Waals surface area contributed by atoms with E-state index in [1.54, 1.807) is 30.3 Å². The van der Waals surface area contributed by atoms with Gasteiger partial charge in [-0.2, -0.15) is 4.31 Å². The van der Waals surface area contributed by atoms with Crippen molar-refractivity contribution in [2.24, 2.45) is 0 Å². The summed E-state index contributed by atoms with van der Waals surface area (Å²) in [7, 11) is -3.87. The average Bonchev–Trinajstić information content (AvgIpc) is 3.28. The van der Waals surface area contributed by atoms with Gasteiger partial charge in [-0.3, -0.25) is 9.59 Å². The molecule has 1 saturated heterocycles. The zero-order chi connectivity index (χ0) is 23.7. The Morgan fingerprint density at radius 1 is 1.03 bits per heavy atom. The number of hydrogen-bond donors (Lipinski definition) is 2. The lowest BCUT2D eigenvalue weighted by molar-refractivity contribution is -0.122. The second-order valence-electron chi connectivity index (χ2n) is 7.78. The standard InChI is InChI=1S/C24H20N4O5S/c29-22-15-28(12-11-25-22)34(31,32)19-8-4-7-18(14-19)26-24(30)17-9-10-21-20(13-17)23(33-27-21)16-5-2-1-3-6-16/h1-10,13-14H,11-12,15H2,(H,25,29)(H,26,30). The Bertz CT molecular complexity index is 1500. The molecule has 34 heavy (non-hydrogen) atoms. The van der Waals surface area contributed by atoms with E-state index in [1.807, 2.05) is 30.3 Å². The molecule has 5 rings (SSSR count). The Morgan fingerprint density at radius 3 is 2.65 bits per heavy atom. The topological polar surface area (TPSA) is 122 Å². The van der Waals surface area contributed by atoms with Gasteiger partial charge in [0.1, 0.15) is 5.52 Å². The Kier molecular flexibility index (Phi) is 5.60. The summed E-state index contributed by atoms with van der Waals surface area (Å²) in [4.78, 5) is 24.6. The number of anilines is 1. The van der Waals surface area contributed by atoms with Crippen molar-refractivity contribution in [3.8, 4) is 11.3 Å². The van der Waals surface area contributed by atoms with Gasteiger partial charge in [-0.05, 0) is 36.4 Å². The number of sulfonamides is 1. The van der Waals surface area contributed by atoms with Crippen LogP contribution in [0.3, 0.4) is 0 Å². The van der Waals surface area contributed by atoms with E-state index >= 15 is 0 Å². The molecule has 1 aromatic heterocycles. The van der Waals surface area contributed by atoms with E-state index < -0.39 is 15.9 Å². The fourth-order valence-corrected chi connectivity index (χ4v) is 5.23. The van der Waals surface area contributed by atoms with Crippen molar-refractivity contribution in [2.45, 2.75) is 4.90 Å². The van der Waals surface area contributed by atoms with Crippen LogP contribution >= 0.6 is 0 Å². The third-order valence-electron chi connectivity index (χ3n) is 5.51. The number of piperazine rings is 1. The van der Waals surface area contributed by atoms with Crippen molar-refractivity contribution in [1.82, 2.24) is 14.8 Å². The summed E-state index contributed by atoms with van der Waals surface area (Å²) >= 11 is 0. The minimum Gasteiger partial charge on any atom is -0.355 e. The van der Waals surface area contributed by atoms with Gasteiger partial charge in [-0.25, -0.2) is 8.42 Å². The Morgan fingerprint density at radius 2 is 1.85 bits per heavy atom. The number of hydrogen-bond acceptors (Lipinski definition) is 6. The first-order valence-corrected chi connectivity index (χ1v) is 12.0. The molecule has 0 bridgehead atoms. The monoisotopic (exact) mass is 476 g/mol. The lowest BCUT2D eigenvalue weighted by Crippen LogP contribution is -2.49. The van der Waals surface area contributed by atoms with Gasteiger partial charge < -0.3 is 15.2 Å². The number of nitrogens with one attached hydrogen (secondary N) is 2. The van der Waals surface area contributed by atoms with E-state index in [2.05, 4.69) is 15.8 Å². The van der Waals surface area contributed by atoms with Crippen LogP contribution in [0.25, 0.3) is 22.2 Å². The molecule has 2 heterocycles. The molecule has 4 aromatic rings. The maximum absolute atomic E-state index is 13.0. The molecule has 1 aliphatic heterocycles. The molecule has 0 unspecified atom stereocenters. The van der Waals surface area contributed by atoms with Crippen molar-refractivity contribution in [3.05, 3.63) is 78.4 Å². The number of fused-ring (bicyclic) bond motifs is 1.